The Labute approximate surface area is 94.3 Å². The molecule has 0 saturated heterocycles. The number of aliphatic hydroxyl groups is 1. The van der Waals surface area contributed by atoms with Crippen LogP contribution in [0.15, 0.2) is 0 Å². The van der Waals surface area contributed by atoms with Crippen molar-refractivity contribution in [2.75, 3.05) is 30.8 Å². The number of ether oxygens (including phenoxy) is 1. The van der Waals surface area contributed by atoms with E-state index < -0.39 is 0 Å². The number of nitrogens with one attached hydrogen (secondary N) is 2. The van der Waals surface area contributed by atoms with E-state index in [2.05, 4.69) is 25.6 Å². The van der Waals surface area contributed by atoms with Crippen molar-refractivity contribution in [3.63, 3.8) is 0 Å². The molecular weight excluding hydrogens is 210 g/mol. The van der Waals surface area contributed by atoms with Gasteiger partial charge in [0.25, 0.3) is 0 Å². The molecule has 0 aliphatic carbocycles. The standard InChI is InChI=1S/C9H17N5O2/c1-6(2)16-9-13-7(10-3)12-8(14-9)11-4-5-15/h6,15H,4-5H2,1-3H3,(H2,10,11,12,13,14). The zero-order valence-corrected chi connectivity index (χ0v) is 9.69. The van der Waals surface area contributed by atoms with Crippen LogP contribution in [-0.4, -0.2) is 46.4 Å². The van der Waals surface area contributed by atoms with Crippen LogP contribution in [0.1, 0.15) is 13.8 Å². The van der Waals surface area contributed by atoms with Gasteiger partial charge < -0.3 is 20.5 Å². The third kappa shape index (κ3) is 3.85. The second kappa shape index (κ2) is 6.06. The Hall–Kier alpha value is -1.63. The van der Waals surface area contributed by atoms with Gasteiger partial charge in [-0.1, -0.05) is 0 Å². The van der Waals surface area contributed by atoms with E-state index in [1.165, 1.54) is 0 Å². The van der Waals surface area contributed by atoms with Crippen LogP contribution in [0.5, 0.6) is 6.01 Å². The molecule has 0 unspecified atom stereocenters. The average molecular weight is 227 g/mol. The number of hydrogen-bond donors (Lipinski definition) is 3. The van der Waals surface area contributed by atoms with Gasteiger partial charge in [-0.05, 0) is 13.8 Å². The highest BCUT2D eigenvalue weighted by Gasteiger charge is 2.07. The molecule has 1 heterocycles. The van der Waals surface area contributed by atoms with Crippen molar-refractivity contribution in [1.82, 2.24) is 15.0 Å². The maximum absolute atomic E-state index is 8.69. The van der Waals surface area contributed by atoms with Crippen LogP contribution < -0.4 is 15.4 Å². The van der Waals surface area contributed by atoms with Crippen LogP contribution in [0.4, 0.5) is 11.9 Å². The number of aliphatic hydroxyl groups excluding tert-OH is 1. The highest BCUT2D eigenvalue weighted by atomic mass is 16.5. The van der Waals surface area contributed by atoms with Gasteiger partial charge in [-0.2, -0.15) is 15.0 Å². The smallest absolute Gasteiger partial charge is 0.323 e. The van der Waals surface area contributed by atoms with Crippen LogP contribution in [-0.2, 0) is 0 Å². The Bertz CT molecular complexity index is 332. The first kappa shape index (κ1) is 12.4. The molecule has 7 heteroatoms. The Morgan fingerprint density at radius 3 is 2.50 bits per heavy atom. The van der Waals surface area contributed by atoms with E-state index in [9.17, 15) is 0 Å². The second-order valence-corrected chi connectivity index (χ2v) is 3.33. The minimum atomic E-state index is -0.00204. The second-order valence-electron chi connectivity index (χ2n) is 3.33. The van der Waals surface area contributed by atoms with E-state index in [-0.39, 0.29) is 18.7 Å². The molecule has 3 N–H and O–H groups in total. The molecule has 1 aromatic heterocycles. The largest absolute Gasteiger partial charge is 0.461 e. The zero-order chi connectivity index (χ0) is 12.0. The molecule has 0 spiro atoms. The molecule has 0 amide bonds. The normalized spacial score (nSPS) is 10.3. The Kier molecular flexibility index (Phi) is 4.71. The van der Waals surface area contributed by atoms with Gasteiger partial charge in [-0.15, -0.1) is 0 Å². The fraction of sp³-hybridized carbons (Fsp3) is 0.667. The van der Waals surface area contributed by atoms with Gasteiger partial charge in [0, 0.05) is 13.6 Å². The lowest BCUT2D eigenvalue weighted by Gasteiger charge is -2.10. The first-order valence-electron chi connectivity index (χ1n) is 5.11. The van der Waals surface area contributed by atoms with E-state index >= 15 is 0 Å². The molecule has 0 saturated carbocycles. The monoisotopic (exact) mass is 227 g/mol. The van der Waals surface area contributed by atoms with E-state index in [1.807, 2.05) is 13.8 Å². The summed E-state index contributed by atoms with van der Waals surface area (Å²) in [5.41, 5.74) is 0. The van der Waals surface area contributed by atoms with Gasteiger partial charge in [-0.25, -0.2) is 0 Å². The third-order valence-corrected chi connectivity index (χ3v) is 1.57. The Morgan fingerprint density at radius 1 is 1.25 bits per heavy atom. The molecule has 0 fully saturated rings. The molecule has 0 atom stereocenters. The predicted octanol–water partition coefficient (Wildman–Crippen LogP) is 0.105. The van der Waals surface area contributed by atoms with Crippen molar-refractivity contribution >= 4 is 11.9 Å². The highest BCUT2D eigenvalue weighted by molar-refractivity contribution is 5.35. The van der Waals surface area contributed by atoms with Gasteiger partial charge >= 0.3 is 6.01 Å². The lowest BCUT2D eigenvalue weighted by atomic mass is 10.5. The Balaban J connectivity index is 2.82. The van der Waals surface area contributed by atoms with Crippen molar-refractivity contribution < 1.29 is 9.84 Å². The molecular formula is C9H17N5O2. The van der Waals surface area contributed by atoms with Crippen LogP contribution in [0.3, 0.4) is 0 Å². The molecule has 1 aromatic rings. The molecule has 0 aromatic carbocycles. The SMILES string of the molecule is CNc1nc(NCCO)nc(OC(C)C)n1. The van der Waals surface area contributed by atoms with Crippen molar-refractivity contribution in [3.05, 3.63) is 0 Å². The summed E-state index contributed by atoms with van der Waals surface area (Å²) in [5.74, 6) is 0.801. The molecule has 1 rings (SSSR count). The number of hydrogen-bond acceptors (Lipinski definition) is 7. The summed E-state index contributed by atoms with van der Waals surface area (Å²) in [5, 5.41) is 14.4. The molecule has 0 aliphatic rings. The van der Waals surface area contributed by atoms with Gasteiger partial charge in [0.15, 0.2) is 0 Å². The van der Waals surface area contributed by atoms with E-state index in [1.54, 1.807) is 7.05 Å². The van der Waals surface area contributed by atoms with Gasteiger partial charge in [0.1, 0.15) is 0 Å². The number of rotatable bonds is 6. The van der Waals surface area contributed by atoms with Crippen molar-refractivity contribution in [1.29, 1.82) is 0 Å². The fourth-order valence-corrected chi connectivity index (χ4v) is 0.979. The Morgan fingerprint density at radius 2 is 1.94 bits per heavy atom. The molecule has 16 heavy (non-hydrogen) atoms. The maximum atomic E-state index is 8.69. The summed E-state index contributed by atoms with van der Waals surface area (Å²) in [6, 6.07) is 0.259. The van der Waals surface area contributed by atoms with E-state index in [4.69, 9.17) is 9.84 Å². The first-order chi connectivity index (χ1) is 7.65. The first-order valence-corrected chi connectivity index (χ1v) is 5.11. The molecule has 90 valence electrons. The summed E-state index contributed by atoms with van der Waals surface area (Å²) in [6.45, 7) is 4.18. The third-order valence-electron chi connectivity index (χ3n) is 1.57. The maximum Gasteiger partial charge on any atom is 0.323 e. The zero-order valence-electron chi connectivity index (χ0n) is 9.69. The molecule has 7 nitrogen and oxygen atoms in total. The average Bonchev–Trinajstić information content (AvgIpc) is 2.25. The van der Waals surface area contributed by atoms with Gasteiger partial charge in [0.2, 0.25) is 11.9 Å². The summed E-state index contributed by atoms with van der Waals surface area (Å²) in [4.78, 5) is 12.2. The molecule has 0 aliphatic heterocycles. The topological polar surface area (TPSA) is 92.2 Å². The summed E-state index contributed by atoms with van der Waals surface area (Å²) < 4.78 is 5.37. The van der Waals surface area contributed by atoms with Gasteiger partial charge in [0.05, 0.1) is 12.7 Å². The summed E-state index contributed by atoms with van der Waals surface area (Å²) in [6.07, 6.45) is -0.00204. The van der Waals surface area contributed by atoms with Crippen LogP contribution in [0.2, 0.25) is 0 Å². The lowest BCUT2D eigenvalue weighted by molar-refractivity contribution is 0.222. The van der Waals surface area contributed by atoms with Crippen molar-refractivity contribution in [2.24, 2.45) is 0 Å². The number of nitrogens with zero attached hydrogens (tertiary/aromatic N) is 3. The highest BCUT2D eigenvalue weighted by Crippen LogP contribution is 2.11. The van der Waals surface area contributed by atoms with Crippen LogP contribution >= 0.6 is 0 Å². The summed E-state index contributed by atoms with van der Waals surface area (Å²) >= 11 is 0. The minimum Gasteiger partial charge on any atom is -0.461 e. The van der Waals surface area contributed by atoms with Gasteiger partial charge in [-0.3, -0.25) is 0 Å². The predicted molar refractivity (Wildman–Crippen MR) is 60.7 cm³/mol. The minimum absolute atomic E-state index is 0.00204. The summed E-state index contributed by atoms with van der Waals surface area (Å²) in [7, 11) is 1.71. The lowest BCUT2D eigenvalue weighted by Crippen LogP contribution is -2.14. The quantitative estimate of drug-likeness (QED) is 0.635. The fourth-order valence-electron chi connectivity index (χ4n) is 0.979. The molecule has 0 bridgehead atoms. The van der Waals surface area contributed by atoms with Crippen molar-refractivity contribution in [2.45, 2.75) is 20.0 Å². The van der Waals surface area contributed by atoms with Crippen LogP contribution in [0.25, 0.3) is 0 Å². The van der Waals surface area contributed by atoms with E-state index in [0.29, 0.717) is 18.4 Å². The van der Waals surface area contributed by atoms with Crippen molar-refractivity contribution in [3.8, 4) is 6.01 Å². The number of anilines is 2. The van der Waals surface area contributed by atoms with Crippen LogP contribution in [0, 0.1) is 0 Å². The number of aromatic nitrogens is 3. The molecule has 0 radical (unpaired) electrons. The van der Waals surface area contributed by atoms with E-state index in [0.717, 1.165) is 0 Å².